The zero-order valence-corrected chi connectivity index (χ0v) is 27.7. The third-order valence-electron chi connectivity index (χ3n) is 10.6. The van der Waals surface area contributed by atoms with E-state index in [4.69, 9.17) is 0 Å². The minimum Gasteiger partial charge on any atom is -0.356 e. The summed E-state index contributed by atoms with van der Waals surface area (Å²) in [7, 11) is 0. The summed E-state index contributed by atoms with van der Waals surface area (Å²) in [6.45, 7) is 4.79. The van der Waals surface area contributed by atoms with Crippen molar-refractivity contribution < 1.29 is 0 Å². The molecule has 0 spiro atoms. The van der Waals surface area contributed by atoms with Crippen molar-refractivity contribution in [1.29, 1.82) is 0 Å². The zero-order valence-electron chi connectivity index (χ0n) is 26.8. The van der Waals surface area contributed by atoms with E-state index in [2.05, 4.69) is 177 Å². The highest BCUT2D eigenvalue weighted by atomic mass is 32.2. The van der Waals surface area contributed by atoms with Crippen LogP contribution in [0.1, 0.15) is 47.2 Å². The van der Waals surface area contributed by atoms with E-state index in [9.17, 15) is 0 Å². The lowest BCUT2D eigenvalue weighted by Crippen LogP contribution is -2.28. The first-order valence-corrected chi connectivity index (χ1v) is 17.6. The van der Waals surface area contributed by atoms with Gasteiger partial charge in [0.25, 0.3) is 0 Å². The molecular weight excluding hydrogens is 587 g/mol. The molecule has 0 radical (unpaired) electrons. The van der Waals surface area contributed by atoms with Gasteiger partial charge in [0.1, 0.15) is 0 Å². The Morgan fingerprint density at radius 3 is 1.81 bits per heavy atom. The van der Waals surface area contributed by atoms with Crippen LogP contribution in [0.4, 0.5) is 11.4 Å². The first-order valence-electron chi connectivity index (χ1n) is 16.4. The van der Waals surface area contributed by atoms with Crippen LogP contribution in [0.3, 0.4) is 0 Å². The van der Waals surface area contributed by atoms with E-state index in [0.29, 0.717) is 0 Å². The molecule has 0 aromatic heterocycles. The number of nitrogens with one attached hydrogen (secondary N) is 1. The van der Waals surface area contributed by atoms with Gasteiger partial charge in [0.2, 0.25) is 0 Å². The molecule has 0 saturated carbocycles. The average molecular weight is 622 g/mol. The maximum atomic E-state index is 3.73. The highest BCUT2D eigenvalue weighted by Crippen LogP contribution is 2.61. The number of thioether (sulfide) groups is 1. The van der Waals surface area contributed by atoms with Crippen molar-refractivity contribution in [3.8, 4) is 22.3 Å². The topological polar surface area (TPSA) is 12.0 Å². The highest BCUT2D eigenvalue weighted by Gasteiger charge is 2.48. The van der Waals surface area contributed by atoms with E-state index in [-0.39, 0.29) is 5.41 Å². The Morgan fingerprint density at radius 2 is 1.11 bits per heavy atom. The van der Waals surface area contributed by atoms with Gasteiger partial charge in [-0.05, 0) is 121 Å². The van der Waals surface area contributed by atoms with Crippen molar-refractivity contribution in [2.24, 2.45) is 0 Å². The van der Waals surface area contributed by atoms with Crippen molar-refractivity contribution in [3.63, 3.8) is 0 Å². The Morgan fingerprint density at radius 1 is 0.489 bits per heavy atom. The summed E-state index contributed by atoms with van der Waals surface area (Å²) < 4.78 is 0. The minimum atomic E-state index is -0.486. The quantitative estimate of drug-likeness (QED) is 0.192. The van der Waals surface area contributed by atoms with E-state index in [1.165, 1.54) is 71.3 Å². The molecule has 7 aromatic rings. The number of hydrogen-bond donors (Lipinski definition) is 1. The van der Waals surface area contributed by atoms with Gasteiger partial charge in [-0.2, -0.15) is 0 Å². The summed E-state index contributed by atoms with van der Waals surface area (Å²) in [6.07, 6.45) is 2.12. The second kappa shape index (κ2) is 10.5. The van der Waals surface area contributed by atoms with E-state index in [1.807, 2.05) is 0 Å². The van der Waals surface area contributed by atoms with Gasteiger partial charge >= 0.3 is 0 Å². The lowest BCUT2D eigenvalue weighted by atomic mass is 9.67. The Labute approximate surface area is 281 Å². The molecule has 0 saturated heterocycles. The molecule has 1 N–H and O–H groups in total. The fourth-order valence-electron chi connectivity index (χ4n) is 8.40. The molecule has 2 aliphatic carbocycles. The van der Waals surface area contributed by atoms with Crippen molar-refractivity contribution in [2.75, 3.05) is 11.6 Å². The molecule has 7 aromatic carbocycles. The molecule has 0 bridgehead atoms. The number of rotatable bonds is 5. The third-order valence-corrected chi connectivity index (χ3v) is 11.4. The van der Waals surface area contributed by atoms with Gasteiger partial charge in [-0.1, -0.05) is 117 Å². The molecular formula is C45H35NS. The summed E-state index contributed by atoms with van der Waals surface area (Å²) in [5.41, 5.74) is 15.0. The largest absolute Gasteiger partial charge is 0.356 e. The molecule has 2 heteroatoms. The predicted octanol–water partition coefficient (Wildman–Crippen LogP) is 12.0. The highest BCUT2D eigenvalue weighted by molar-refractivity contribution is 7.98. The van der Waals surface area contributed by atoms with Gasteiger partial charge in [0.15, 0.2) is 0 Å². The van der Waals surface area contributed by atoms with Crippen LogP contribution in [-0.2, 0) is 10.8 Å². The fourth-order valence-corrected chi connectivity index (χ4v) is 8.81. The Kier molecular flexibility index (Phi) is 6.29. The van der Waals surface area contributed by atoms with Gasteiger partial charge in [-0.3, -0.25) is 0 Å². The lowest BCUT2D eigenvalue weighted by molar-refractivity contribution is 0.660. The van der Waals surface area contributed by atoms with E-state index >= 15 is 0 Å². The summed E-state index contributed by atoms with van der Waals surface area (Å²) in [5.74, 6) is 0. The van der Waals surface area contributed by atoms with Crippen LogP contribution < -0.4 is 5.32 Å². The van der Waals surface area contributed by atoms with Crippen LogP contribution in [-0.4, -0.2) is 6.26 Å². The van der Waals surface area contributed by atoms with Crippen LogP contribution in [0.15, 0.2) is 157 Å². The monoisotopic (exact) mass is 621 g/mol. The number of fused-ring (bicyclic) bond motifs is 8. The first kappa shape index (κ1) is 28.2. The van der Waals surface area contributed by atoms with Crippen LogP contribution in [0.2, 0.25) is 0 Å². The molecule has 226 valence electrons. The zero-order chi connectivity index (χ0) is 31.8. The van der Waals surface area contributed by atoms with Crippen molar-refractivity contribution in [3.05, 3.63) is 185 Å². The van der Waals surface area contributed by atoms with Crippen LogP contribution in [0.5, 0.6) is 0 Å². The van der Waals surface area contributed by atoms with Crippen LogP contribution in [0.25, 0.3) is 33.0 Å². The van der Waals surface area contributed by atoms with Crippen LogP contribution in [0, 0.1) is 0 Å². The maximum Gasteiger partial charge on any atom is 0.0714 e. The van der Waals surface area contributed by atoms with Crippen molar-refractivity contribution in [1.82, 2.24) is 0 Å². The van der Waals surface area contributed by atoms with Crippen molar-refractivity contribution in [2.45, 2.75) is 29.6 Å². The number of benzene rings is 7. The van der Waals surface area contributed by atoms with Gasteiger partial charge in [-0.15, -0.1) is 11.8 Å². The first-order chi connectivity index (χ1) is 23.0. The second-order valence-electron chi connectivity index (χ2n) is 13.4. The fraction of sp³-hybridized carbons (Fsp3) is 0.111. The Bertz CT molecular complexity index is 2280. The lowest BCUT2D eigenvalue weighted by Gasteiger charge is -2.34. The van der Waals surface area contributed by atoms with Gasteiger partial charge in [0.05, 0.1) is 5.41 Å². The smallest absolute Gasteiger partial charge is 0.0714 e. The second-order valence-corrected chi connectivity index (χ2v) is 14.3. The van der Waals surface area contributed by atoms with Gasteiger partial charge in [0, 0.05) is 21.7 Å². The maximum absolute atomic E-state index is 3.73. The Balaban J connectivity index is 1.35. The molecule has 0 unspecified atom stereocenters. The van der Waals surface area contributed by atoms with E-state index in [0.717, 1.165) is 11.4 Å². The summed E-state index contributed by atoms with van der Waals surface area (Å²) >= 11 is 1.77. The molecule has 0 aliphatic heterocycles. The summed E-state index contributed by atoms with van der Waals surface area (Å²) in [5, 5.41) is 6.35. The van der Waals surface area contributed by atoms with Crippen molar-refractivity contribution >= 4 is 33.9 Å². The summed E-state index contributed by atoms with van der Waals surface area (Å²) in [4.78, 5) is 1.26. The average Bonchev–Trinajstić information content (AvgIpc) is 3.53. The van der Waals surface area contributed by atoms with E-state index < -0.39 is 5.41 Å². The molecule has 2 aliphatic rings. The van der Waals surface area contributed by atoms with E-state index in [1.54, 1.807) is 11.8 Å². The molecule has 0 atom stereocenters. The minimum absolute atomic E-state index is 0.112. The van der Waals surface area contributed by atoms with Crippen LogP contribution >= 0.6 is 11.8 Å². The normalized spacial score (nSPS) is 14.7. The molecule has 0 heterocycles. The predicted molar refractivity (Wildman–Crippen MR) is 200 cm³/mol. The molecule has 9 rings (SSSR count). The molecule has 47 heavy (non-hydrogen) atoms. The molecule has 1 nitrogen and oxygen atoms in total. The summed E-state index contributed by atoms with van der Waals surface area (Å²) in [6, 6.07) is 56.6. The standard InChI is InChI=1S/C45H35NS/c1-44(2)39-25-18-29-12-10-11-17-35(29)43(39)38-28-42-37(27-40(38)44)36-24-21-33(46-32-19-22-34(47-3)23-20-32)26-41(36)45(42,30-13-6-4-7-14-30)31-15-8-5-9-16-31/h4-28,46H,1-3H3. The number of anilines is 2. The molecule has 0 fully saturated rings. The van der Waals surface area contributed by atoms with Gasteiger partial charge in [-0.25, -0.2) is 0 Å². The SMILES string of the molecule is CSc1ccc(Nc2ccc3c(c2)C(c2ccccc2)(c2ccccc2)c2cc4c(cc2-3)C(C)(C)c2ccc3ccccc3c2-4)cc1. The van der Waals surface area contributed by atoms with Gasteiger partial charge < -0.3 is 5.32 Å². The number of hydrogen-bond acceptors (Lipinski definition) is 2. The third kappa shape index (κ3) is 4.04. The molecule has 0 amide bonds. The Hall–Kier alpha value is -5.05.